The molecule has 0 saturated carbocycles. The molecule has 1 aromatic carbocycles. The number of halogens is 2. The third-order valence-electron chi connectivity index (χ3n) is 3.96. The second kappa shape index (κ2) is 8.17. The summed E-state index contributed by atoms with van der Waals surface area (Å²) < 4.78 is 0. The molecule has 0 unspecified atom stereocenters. The van der Waals surface area contributed by atoms with Gasteiger partial charge in [0.25, 0.3) is 5.91 Å². The Morgan fingerprint density at radius 3 is 2.92 bits per heavy atom. The summed E-state index contributed by atoms with van der Waals surface area (Å²) in [4.78, 5) is 29.9. The van der Waals surface area contributed by atoms with Crippen molar-refractivity contribution >= 4 is 46.4 Å². The van der Waals surface area contributed by atoms with Gasteiger partial charge in [-0.25, -0.2) is 4.98 Å². The van der Waals surface area contributed by atoms with Crippen molar-refractivity contribution in [3.8, 4) is 10.6 Å². The maximum Gasteiger partial charge on any atom is 0.270 e. The van der Waals surface area contributed by atoms with Crippen LogP contribution in [0.15, 0.2) is 23.6 Å². The van der Waals surface area contributed by atoms with E-state index in [-0.39, 0.29) is 11.8 Å². The standard InChI is InChI=1S/C17H17Cl2N3O2S/c18-11-4-5-12(13(19)9-11)17-21-14(10-25-17)16(24)20-6-2-8-22-7-1-3-15(22)23/h4-5,9-10H,1-3,6-8H2,(H,20,24). The number of rotatable bonds is 6. The lowest BCUT2D eigenvalue weighted by Crippen LogP contribution is -2.30. The lowest BCUT2D eigenvalue weighted by Gasteiger charge is -2.15. The van der Waals surface area contributed by atoms with E-state index >= 15 is 0 Å². The molecule has 0 bridgehead atoms. The fourth-order valence-corrected chi connectivity index (χ4v) is 4.06. The van der Waals surface area contributed by atoms with Crippen LogP contribution in [-0.4, -0.2) is 41.3 Å². The Kier molecular flexibility index (Phi) is 5.93. The predicted molar refractivity (Wildman–Crippen MR) is 100 cm³/mol. The second-order valence-corrected chi connectivity index (χ2v) is 7.46. The molecule has 3 rings (SSSR count). The molecule has 1 N–H and O–H groups in total. The van der Waals surface area contributed by atoms with Crippen LogP contribution < -0.4 is 5.32 Å². The quantitative estimate of drug-likeness (QED) is 0.752. The van der Waals surface area contributed by atoms with Gasteiger partial charge < -0.3 is 10.2 Å². The van der Waals surface area contributed by atoms with Gasteiger partial charge in [0.2, 0.25) is 5.91 Å². The van der Waals surface area contributed by atoms with Crippen molar-refractivity contribution in [3.63, 3.8) is 0 Å². The molecule has 0 radical (unpaired) electrons. The van der Waals surface area contributed by atoms with Crippen molar-refractivity contribution in [2.24, 2.45) is 0 Å². The predicted octanol–water partition coefficient (Wildman–Crippen LogP) is 3.86. The van der Waals surface area contributed by atoms with Gasteiger partial charge in [0, 0.05) is 42.0 Å². The van der Waals surface area contributed by atoms with Crippen molar-refractivity contribution in [3.05, 3.63) is 39.3 Å². The maximum atomic E-state index is 12.2. The molecular weight excluding hydrogens is 381 g/mol. The number of hydrogen-bond acceptors (Lipinski definition) is 4. The van der Waals surface area contributed by atoms with Crippen molar-refractivity contribution in [1.29, 1.82) is 0 Å². The van der Waals surface area contributed by atoms with Gasteiger partial charge in [0.15, 0.2) is 0 Å². The number of aromatic nitrogens is 1. The first-order valence-electron chi connectivity index (χ1n) is 8.01. The summed E-state index contributed by atoms with van der Waals surface area (Å²) in [6.45, 7) is 2.02. The van der Waals surface area contributed by atoms with Crippen LogP contribution in [0.5, 0.6) is 0 Å². The van der Waals surface area contributed by atoms with E-state index in [0.717, 1.165) is 24.9 Å². The van der Waals surface area contributed by atoms with Gasteiger partial charge >= 0.3 is 0 Å². The van der Waals surface area contributed by atoms with Crippen LogP contribution in [0.3, 0.4) is 0 Å². The smallest absolute Gasteiger partial charge is 0.270 e. The van der Waals surface area contributed by atoms with E-state index in [0.29, 0.717) is 40.3 Å². The Bertz CT molecular complexity index is 794. The molecule has 2 amide bonds. The highest BCUT2D eigenvalue weighted by molar-refractivity contribution is 7.13. The molecular formula is C17H17Cl2N3O2S. The van der Waals surface area contributed by atoms with Crippen LogP contribution >= 0.6 is 34.5 Å². The number of nitrogens with zero attached hydrogens (tertiary/aromatic N) is 2. The Hall–Kier alpha value is -1.63. The summed E-state index contributed by atoms with van der Waals surface area (Å²) in [5, 5.41) is 6.28. The molecule has 5 nitrogen and oxygen atoms in total. The number of benzene rings is 1. The van der Waals surface area contributed by atoms with Gasteiger partial charge in [-0.2, -0.15) is 0 Å². The van der Waals surface area contributed by atoms with Crippen LogP contribution in [0, 0.1) is 0 Å². The average molecular weight is 398 g/mol. The fraction of sp³-hybridized carbons (Fsp3) is 0.353. The summed E-state index contributed by atoms with van der Waals surface area (Å²) in [5.74, 6) is -0.0179. The first-order valence-corrected chi connectivity index (χ1v) is 9.65. The van der Waals surface area contributed by atoms with E-state index in [9.17, 15) is 9.59 Å². The maximum absolute atomic E-state index is 12.2. The first kappa shape index (κ1) is 18.2. The zero-order chi connectivity index (χ0) is 17.8. The molecule has 2 heterocycles. The van der Waals surface area contributed by atoms with Crippen molar-refractivity contribution < 1.29 is 9.59 Å². The van der Waals surface area contributed by atoms with E-state index in [2.05, 4.69) is 10.3 Å². The molecule has 0 atom stereocenters. The van der Waals surface area contributed by atoms with E-state index in [1.165, 1.54) is 11.3 Å². The highest BCUT2D eigenvalue weighted by Crippen LogP contribution is 2.32. The summed E-state index contributed by atoms with van der Waals surface area (Å²) in [5.41, 5.74) is 1.12. The lowest BCUT2D eigenvalue weighted by molar-refractivity contribution is -0.127. The summed E-state index contributed by atoms with van der Waals surface area (Å²) in [6, 6.07) is 5.18. The van der Waals surface area contributed by atoms with Gasteiger partial charge in [-0.05, 0) is 31.0 Å². The van der Waals surface area contributed by atoms with E-state index in [1.807, 2.05) is 4.90 Å². The number of thiazole rings is 1. The Labute approximate surface area is 160 Å². The Morgan fingerprint density at radius 2 is 2.20 bits per heavy atom. The molecule has 25 heavy (non-hydrogen) atoms. The van der Waals surface area contributed by atoms with Crippen molar-refractivity contribution in [1.82, 2.24) is 15.2 Å². The van der Waals surface area contributed by atoms with Crippen molar-refractivity contribution in [2.45, 2.75) is 19.3 Å². The van der Waals surface area contributed by atoms with E-state index in [1.54, 1.807) is 23.6 Å². The minimum atomic E-state index is -0.222. The van der Waals surface area contributed by atoms with Crippen molar-refractivity contribution in [2.75, 3.05) is 19.6 Å². The monoisotopic (exact) mass is 397 g/mol. The average Bonchev–Trinajstić information content (AvgIpc) is 3.21. The number of amides is 2. The minimum absolute atomic E-state index is 0.204. The lowest BCUT2D eigenvalue weighted by atomic mass is 10.2. The zero-order valence-corrected chi connectivity index (χ0v) is 15.8. The molecule has 1 aromatic heterocycles. The first-order chi connectivity index (χ1) is 12.0. The van der Waals surface area contributed by atoms with Gasteiger partial charge in [-0.1, -0.05) is 23.2 Å². The highest BCUT2D eigenvalue weighted by Gasteiger charge is 2.19. The van der Waals surface area contributed by atoms with Gasteiger partial charge in [0.1, 0.15) is 10.7 Å². The van der Waals surface area contributed by atoms with Crippen LogP contribution in [0.1, 0.15) is 29.8 Å². The summed E-state index contributed by atoms with van der Waals surface area (Å²) in [7, 11) is 0. The molecule has 1 aliphatic rings. The molecule has 1 fully saturated rings. The minimum Gasteiger partial charge on any atom is -0.351 e. The molecule has 0 spiro atoms. The van der Waals surface area contributed by atoms with Gasteiger partial charge in [0.05, 0.1) is 5.02 Å². The Balaban J connectivity index is 1.53. The topological polar surface area (TPSA) is 62.3 Å². The normalized spacial score (nSPS) is 14.2. The van der Waals surface area contributed by atoms with E-state index in [4.69, 9.17) is 23.2 Å². The molecule has 1 saturated heterocycles. The Morgan fingerprint density at radius 1 is 1.36 bits per heavy atom. The van der Waals surface area contributed by atoms with Crippen LogP contribution in [-0.2, 0) is 4.79 Å². The molecule has 1 aliphatic heterocycles. The number of hydrogen-bond donors (Lipinski definition) is 1. The van der Waals surface area contributed by atoms with Crippen LogP contribution in [0.2, 0.25) is 10.0 Å². The third kappa shape index (κ3) is 4.51. The summed E-state index contributed by atoms with van der Waals surface area (Å²) in [6.07, 6.45) is 2.30. The number of nitrogens with one attached hydrogen (secondary N) is 1. The third-order valence-corrected chi connectivity index (χ3v) is 5.38. The highest BCUT2D eigenvalue weighted by atomic mass is 35.5. The number of likely N-dealkylation sites (tertiary alicyclic amines) is 1. The zero-order valence-electron chi connectivity index (χ0n) is 13.4. The molecule has 8 heteroatoms. The molecule has 2 aromatic rings. The SMILES string of the molecule is O=C(NCCCN1CCCC1=O)c1csc(-c2ccc(Cl)cc2Cl)n1. The second-order valence-electron chi connectivity index (χ2n) is 5.76. The molecule has 132 valence electrons. The van der Waals surface area contributed by atoms with Crippen LogP contribution in [0.4, 0.5) is 0 Å². The fourth-order valence-electron chi connectivity index (χ4n) is 2.67. The molecule has 0 aliphatic carbocycles. The number of carbonyl (C=O) groups is 2. The summed E-state index contributed by atoms with van der Waals surface area (Å²) >= 11 is 13.4. The van der Waals surface area contributed by atoms with Gasteiger partial charge in [-0.15, -0.1) is 11.3 Å². The van der Waals surface area contributed by atoms with E-state index < -0.39 is 0 Å². The largest absolute Gasteiger partial charge is 0.351 e. The number of carbonyl (C=O) groups excluding carboxylic acids is 2. The van der Waals surface area contributed by atoms with Crippen LogP contribution in [0.25, 0.3) is 10.6 Å². The van der Waals surface area contributed by atoms with Gasteiger partial charge in [-0.3, -0.25) is 9.59 Å².